The van der Waals surface area contributed by atoms with Crippen LogP contribution in [0.15, 0.2) is 23.4 Å². The number of hydrogen-bond donors (Lipinski definition) is 1. The van der Waals surface area contributed by atoms with Gasteiger partial charge in [-0.05, 0) is 18.1 Å². The molecule has 0 fully saturated rings. The third kappa shape index (κ3) is 1.18. The van der Waals surface area contributed by atoms with Crippen LogP contribution in [0.1, 0.15) is 5.56 Å². The third-order valence-corrected chi connectivity index (χ3v) is 3.03. The van der Waals surface area contributed by atoms with Gasteiger partial charge in [-0.3, -0.25) is 4.79 Å². The number of pyridine rings is 1. The van der Waals surface area contributed by atoms with Crippen LogP contribution in [0.2, 0.25) is 0 Å². The fraction of sp³-hybridized carbons (Fsp3) is 0.250. The summed E-state index contributed by atoms with van der Waals surface area (Å²) in [5.74, 6) is -0.752. The van der Waals surface area contributed by atoms with Crippen molar-refractivity contribution in [1.29, 1.82) is 0 Å². The van der Waals surface area contributed by atoms with Gasteiger partial charge >= 0.3 is 5.97 Å². The minimum absolute atomic E-state index is 0.338. The topological polar surface area (TPSA) is 50.2 Å². The van der Waals surface area contributed by atoms with E-state index in [1.165, 1.54) is 11.8 Å². The van der Waals surface area contributed by atoms with Gasteiger partial charge in [0, 0.05) is 6.20 Å². The van der Waals surface area contributed by atoms with Crippen molar-refractivity contribution in [3.05, 3.63) is 23.9 Å². The average Bonchev–Trinajstić information content (AvgIpc) is 2.46. The lowest BCUT2D eigenvalue weighted by atomic mass is 10.2. The maximum absolute atomic E-state index is 10.6. The summed E-state index contributed by atoms with van der Waals surface area (Å²) in [7, 11) is 0. The fourth-order valence-corrected chi connectivity index (χ4v) is 2.26. The summed E-state index contributed by atoms with van der Waals surface area (Å²) in [6, 6.07) is 3.77. The van der Waals surface area contributed by atoms with Crippen LogP contribution in [0.4, 0.5) is 0 Å². The largest absolute Gasteiger partial charge is 0.480 e. The Hall–Kier alpha value is -1.03. The summed E-state index contributed by atoms with van der Waals surface area (Å²) in [6.45, 7) is 0. The Morgan fingerprint density at radius 2 is 2.58 bits per heavy atom. The Bertz CT molecular complexity index is 302. The molecule has 0 spiro atoms. The van der Waals surface area contributed by atoms with Crippen LogP contribution < -0.4 is 0 Å². The number of hydrogen-bond acceptors (Lipinski definition) is 3. The Kier molecular flexibility index (Phi) is 1.77. The highest BCUT2D eigenvalue weighted by atomic mass is 32.2. The lowest BCUT2D eigenvalue weighted by molar-refractivity contribution is -0.136. The normalized spacial score (nSPS) is 20.5. The van der Waals surface area contributed by atoms with Crippen molar-refractivity contribution in [1.82, 2.24) is 4.98 Å². The molecule has 0 bridgehead atoms. The average molecular weight is 181 g/mol. The summed E-state index contributed by atoms with van der Waals surface area (Å²) in [5.41, 5.74) is 1.05. The van der Waals surface area contributed by atoms with E-state index in [1.54, 1.807) is 6.20 Å². The fourth-order valence-electron chi connectivity index (χ4n) is 1.20. The molecule has 0 aliphatic carbocycles. The van der Waals surface area contributed by atoms with Gasteiger partial charge in [0.15, 0.2) is 0 Å². The molecule has 0 saturated carbocycles. The van der Waals surface area contributed by atoms with Gasteiger partial charge in [0.05, 0.1) is 0 Å². The SMILES string of the molecule is O=C(O)C1Cc2cccnc2S1. The lowest BCUT2D eigenvalue weighted by Gasteiger charge is -1.97. The molecule has 1 N–H and O–H groups in total. The first-order valence-corrected chi connectivity index (χ1v) is 4.48. The molecule has 2 heterocycles. The summed E-state index contributed by atoms with van der Waals surface area (Å²) in [5, 5.41) is 9.26. The monoisotopic (exact) mass is 181 g/mol. The maximum atomic E-state index is 10.6. The molecule has 1 unspecified atom stereocenters. The van der Waals surface area contributed by atoms with Crippen molar-refractivity contribution >= 4 is 17.7 Å². The highest BCUT2D eigenvalue weighted by molar-refractivity contribution is 8.00. The van der Waals surface area contributed by atoms with Gasteiger partial charge in [0.25, 0.3) is 0 Å². The van der Waals surface area contributed by atoms with Crippen molar-refractivity contribution in [3.63, 3.8) is 0 Å². The summed E-state index contributed by atoms with van der Waals surface area (Å²) >= 11 is 1.33. The molecular formula is C8H7NO2S. The van der Waals surface area contributed by atoms with E-state index in [2.05, 4.69) is 4.98 Å². The lowest BCUT2D eigenvalue weighted by Crippen LogP contribution is -2.14. The second-order valence-electron chi connectivity index (χ2n) is 2.62. The van der Waals surface area contributed by atoms with E-state index >= 15 is 0 Å². The Balaban J connectivity index is 2.27. The number of carboxylic acids is 1. The van der Waals surface area contributed by atoms with Crippen LogP contribution in [0.25, 0.3) is 0 Å². The second-order valence-corrected chi connectivity index (χ2v) is 3.81. The first-order chi connectivity index (χ1) is 5.77. The van der Waals surface area contributed by atoms with Gasteiger partial charge in [-0.2, -0.15) is 0 Å². The molecule has 1 aliphatic heterocycles. The standard InChI is InChI=1S/C8H7NO2S/c10-8(11)6-4-5-2-1-3-9-7(5)12-6/h1-3,6H,4H2,(H,10,11). The number of thioether (sulfide) groups is 1. The molecule has 0 amide bonds. The zero-order valence-corrected chi connectivity index (χ0v) is 7.04. The van der Waals surface area contributed by atoms with Crippen LogP contribution in [-0.2, 0) is 11.2 Å². The first-order valence-electron chi connectivity index (χ1n) is 3.61. The molecule has 0 aromatic carbocycles. The van der Waals surface area contributed by atoms with E-state index in [9.17, 15) is 4.79 Å². The van der Waals surface area contributed by atoms with E-state index in [0.717, 1.165) is 10.6 Å². The minimum atomic E-state index is -0.752. The molecule has 62 valence electrons. The molecule has 1 atom stereocenters. The predicted octanol–water partition coefficient (Wildman–Crippen LogP) is 1.18. The number of aromatic nitrogens is 1. The minimum Gasteiger partial charge on any atom is -0.480 e. The van der Waals surface area contributed by atoms with Crippen molar-refractivity contribution in [3.8, 4) is 0 Å². The molecule has 0 saturated heterocycles. The highest BCUT2D eigenvalue weighted by Crippen LogP contribution is 2.34. The molecule has 4 heteroatoms. The van der Waals surface area contributed by atoms with Gasteiger partial charge in [0.2, 0.25) is 0 Å². The maximum Gasteiger partial charge on any atom is 0.317 e. The van der Waals surface area contributed by atoms with Crippen molar-refractivity contribution in [2.75, 3.05) is 0 Å². The molecular weight excluding hydrogens is 174 g/mol. The van der Waals surface area contributed by atoms with E-state index in [1.807, 2.05) is 12.1 Å². The number of carbonyl (C=O) groups is 1. The van der Waals surface area contributed by atoms with Crippen molar-refractivity contribution in [2.45, 2.75) is 16.7 Å². The van der Waals surface area contributed by atoms with E-state index < -0.39 is 5.97 Å². The molecule has 12 heavy (non-hydrogen) atoms. The number of aliphatic carboxylic acids is 1. The van der Waals surface area contributed by atoms with Gasteiger partial charge in [-0.1, -0.05) is 17.8 Å². The molecule has 1 aromatic rings. The van der Waals surface area contributed by atoms with Gasteiger partial charge in [-0.25, -0.2) is 4.98 Å². The molecule has 1 aromatic heterocycles. The second kappa shape index (κ2) is 2.79. The Labute approximate surface area is 73.8 Å². The summed E-state index contributed by atoms with van der Waals surface area (Å²) < 4.78 is 0. The molecule has 3 nitrogen and oxygen atoms in total. The zero-order valence-electron chi connectivity index (χ0n) is 6.23. The van der Waals surface area contributed by atoms with E-state index in [-0.39, 0.29) is 5.25 Å². The van der Waals surface area contributed by atoms with Gasteiger partial charge < -0.3 is 5.11 Å². The predicted molar refractivity (Wildman–Crippen MR) is 45.2 cm³/mol. The number of nitrogens with zero attached hydrogens (tertiary/aromatic N) is 1. The van der Waals surface area contributed by atoms with E-state index in [4.69, 9.17) is 5.11 Å². The molecule has 2 rings (SSSR count). The van der Waals surface area contributed by atoms with Crippen LogP contribution in [0, 0.1) is 0 Å². The summed E-state index contributed by atoms with van der Waals surface area (Å²) in [6.07, 6.45) is 2.29. The quantitative estimate of drug-likeness (QED) is 0.706. The number of carboxylic acid groups (broad SMARTS) is 1. The van der Waals surface area contributed by atoms with Crippen LogP contribution in [0.5, 0.6) is 0 Å². The zero-order chi connectivity index (χ0) is 8.55. The van der Waals surface area contributed by atoms with Crippen molar-refractivity contribution < 1.29 is 9.90 Å². The Morgan fingerprint density at radius 1 is 1.75 bits per heavy atom. The van der Waals surface area contributed by atoms with Crippen LogP contribution in [0.3, 0.4) is 0 Å². The van der Waals surface area contributed by atoms with Gasteiger partial charge in [0.1, 0.15) is 10.3 Å². The Morgan fingerprint density at radius 3 is 3.25 bits per heavy atom. The van der Waals surface area contributed by atoms with Crippen LogP contribution >= 0.6 is 11.8 Å². The smallest absolute Gasteiger partial charge is 0.317 e. The summed E-state index contributed by atoms with van der Waals surface area (Å²) in [4.78, 5) is 14.7. The van der Waals surface area contributed by atoms with Crippen LogP contribution in [-0.4, -0.2) is 21.3 Å². The van der Waals surface area contributed by atoms with Gasteiger partial charge in [-0.15, -0.1) is 0 Å². The van der Waals surface area contributed by atoms with Crippen molar-refractivity contribution in [2.24, 2.45) is 0 Å². The third-order valence-electron chi connectivity index (χ3n) is 1.78. The number of rotatable bonds is 1. The molecule has 1 aliphatic rings. The van der Waals surface area contributed by atoms with E-state index in [0.29, 0.717) is 6.42 Å². The molecule has 0 radical (unpaired) electrons. The number of fused-ring (bicyclic) bond motifs is 1. The first kappa shape index (κ1) is 7.61. The highest BCUT2D eigenvalue weighted by Gasteiger charge is 2.28.